The predicted molar refractivity (Wildman–Crippen MR) is 91.3 cm³/mol. The first-order valence-corrected chi connectivity index (χ1v) is 8.44. The van der Waals surface area contributed by atoms with E-state index in [2.05, 4.69) is 19.9 Å². The summed E-state index contributed by atoms with van der Waals surface area (Å²) in [6, 6.07) is 2.52. The fourth-order valence-corrected chi connectivity index (χ4v) is 3.04. The van der Waals surface area contributed by atoms with E-state index in [1.165, 1.54) is 24.5 Å². The molecule has 2 aromatic rings. The number of halogens is 1. The maximum absolute atomic E-state index is 13.2. The summed E-state index contributed by atoms with van der Waals surface area (Å²) >= 11 is 0. The normalized spacial score (nSPS) is 19.9. The van der Waals surface area contributed by atoms with Crippen LogP contribution in [-0.4, -0.2) is 70.0 Å². The molecule has 0 aromatic carbocycles. The van der Waals surface area contributed by atoms with Crippen molar-refractivity contribution in [3.8, 4) is 0 Å². The first kappa shape index (κ1) is 17.3. The van der Waals surface area contributed by atoms with Crippen LogP contribution in [0.15, 0.2) is 30.7 Å². The molecule has 2 aliphatic heterocycles. The van der Waals surface area contributed by atoms with Crippen molar-refractivity contribution in [1.29, 1.82) is 0 Å². The van der Waals surface area contributed by atoms with Crippen LogP contribution in [0.25, 0.3) is 0 Å². The third-order valence-electron chi connectivity index (χ3n) is 4.55. The van der Waals surface area contributed by atoms with Crippen LogP contribution in [0.3, 0.4) is 0 Å². The van der Waals surface area contributed by atoms with Gasteiger partial charge in [-0.05, 0) is 19.2 Å². The van der Waals surface area contributed by atoms with E-state index in [1.807, 2.05) is 7.05 Å². The number of rotatable bonds is 2. The quantitative estimate of drug-likeness (QED) is 0.778. The number of carbonyl (C=O) groups excluding carboxylic acids is 2. The number of carbonyl (C=O) groups is 2. The molecule has 10 heteroatoms. The van der Waals surface area contributed by atoms with Gasteiger partial charge in [-0.2, -0.15) is 0 Å². The highest BCUT2D eigenvalue weighted by atomic mass is 19.1. The maximum Gasteiger partial charge on any atom is 0.412 e. The summed E-state index contributed by atoms with van der Waals surface area (Å²) in [6.45, 7) is 2.52. The van der Waals surface area contributed by atoms with Crippen LogP contribution < -0.4 is 4.90 Å². The number of likely N-dealkylation sites (N-methyl/N-ethyl adjacent to an activating group) is 1. The summed E-state index contributed by atoms with van der Waals surface area (Å²) in [4.78, 5) is 42.4. The number of piperazine rings is 1. The van der Waals surface area contributed by atoms with Crippen LogP contribution in [0.5, 0.6) is 0 Å². The Kier molecular flexibility index (Phi) is 4.40. The molecule has 2 aromatic heterocycles. The van der Waals surface area contributed by atoms with E-state index in [9.17, 15) is 14.0 Å². The number of amides is 2. The second kappa shape index (κ2) is 6.88. The molecule has 0 unspecified atom stereocenters. The lowest BCUT2D eigenvalue weighted by molar-refractivity contribution is 0.0476. The zero-order valence-corrected chi connectivity index (χ0v) is 14.6. The zero-order chi connectivity index (χ0) is 19.0. The number of anilines is 1. The first-order chi connectivity index (χ1) is 13.0. The van der Waals surface area contributed by atoms with Gasteiger partial charge >= 0.3 is 6.09 Å². The minimum atomic E-state index is -1.11. The standard InChI is InChI=1S/C17H17FN6O3/c1-22-6-8-23(9-7-22)17(26)27-16-14-13(19-4-5-20-14)15(25)24(16)12-3-2-11(18)10-21-12/h2-5,10,16H,6-9H2,1H3/t16-/m0/s1. The minimum absolute atomic E-state index is 0.0832. The van der Waals surface area contributed by atoms with E-state index < -0.39 is 24.0 Å². The monoisotopic (exact) mass is 372 g/mol. The molecule has 9 nitrogen and oxygen atoms in total. The molecule has 1 fully saturated rings. The fourth-order valence-electron chi connectivity index (χ4n) is 3.04. The summed E-state index contributed by atoms with van der Waals surface area (Å²) in [5.74, 6) is -0.893. The number of pyridine rings is 1. The Morgan fingerprint density at radius 1 is 1.15 bits per heavy atom. The van der Waals surface area contributed by atoms with Gasteiger partial charge in [-0.15, -0.1) is 0 Å². The number of nitrogens with zero attached hydrogens (tertiary/aromatic N) is 6. The van der Waals surface area contributed by atoms with E-state index in [-0.39, 0.29) is 17.2 Å². The van der Waals surface area contributed by atoms with Crippen LogP contribution in [0, 0.1) is 5.82 Å². The molecule has 4 rings (SSSR count). The Balaban J connectivity index is 1.63. The van der Waals surface area contributed by atoms with Crippen molar-refractivity contribution in [3.05, 3.63) is 47.9 Å². The topological polar surface area (TPSA) is 91.8 Å². The van der Waals surface area contributed by atoms with Crippen molar-refractivity contribution in [3.63, 3.8) is 0 Å². The predicted octanol–water partition coefficient (Wildman–Crippen LogP) is 1.05. The van der Waals surface area contributed by atoms with E-state index in [0.29, 0.717) is 13.1 Å². The molecule has 0 spiro atoms. The molecule has 4 heterocycles. The third-order valence-corrected chi connectivity index (χ3v) is 4.55. The Labute approximate surface area is 154 Å². The number of ether oxygens (including phenoxy) is 1. The Bertz CT molecular complexity index is 869. The second-order valence-electron chi connectivity index (χ2n) is 6.33. The largest absolute Gasteiger partial charge is 0.419 e. The average Bonchev–Trinajstić information content (AvgIpc) is 2.95. The molecule has 2 aliphatic rings. The van der Waals surface area contributed by atoms with Gasteiger partial charge in [0.2, 0.25) is 6.23 Å². The molecular weight excluding hydrogens is 355 g/mol. The average molecular weight is 372 g/mol. The van der Waals surface area contributed by atoms with Gasteiger partial charge in [-0.25, -0.2) is 24.1 Å². The van der Waals surface area contributed by atoms with Crippen molar-refractivity contribution in [2.45, 2.75) is 6.23 Å². The van der Waals surface area contributed by atoms with Gasteiger partial charge in [0.05, 0.1) is 6.20 Å². The van der Waals surface area contributed by atoms with E-state index in [4.69, 9.17) is 4.74 Å². The van der Waals surface area contributed by atoms with Crippen LogP contribution in [-0.2, 0) is 4.74 Å². The molecule has 0 aliphatic carbocycles. The van der Waals surface area contributed by atoms with Crippen molar-refractivity contribution >= 4 is 17.8 Å². The lowest BCUT2D eigenvalue weighted by Gasteiger charge is -2.33. The van der Waals surface area contributed by atoms with Crippen molar-refractivity contribution in [2.75, 3.05) is 38.1 Å². The van der Waals surface area contributed by atoms with Crippen molar-refractivity contribution in [1.82, 2.24) is 24.8 Å². The molecule has 2 amide bonds. The lowest BCUT2D eigenvalue weighted by atomic mass is 10.3. The van der Waals surface area contributed by atoms with Crippen LogP contribution in [0.2, 0.25) is 0 Å². The molecule has 140 valence electrons. The van der Waals surface area contributed by atoms with Crippen LogP contribution >= 0.6 is 0 Å². The number of fused-ring (bicyclic) bond motifs is 1. The summed E-state index contributed by atoms with van der Waals surface area (Å²) in [7, 11) is 1.98. The Morgan fingerprint density at radius 3 is 2.59 bits per heavy atom. The van der Waals surface area contributed by atoms with Gasteiger partial charge < -0.3 is 14.5 Å². The lowest BCUT2D eigenvalue weighted by Crippen LogP contribution is -2.48. The number of hydrogen-bond donors (Lipinski definition) is 0. The van der Waals surface area contributed by atoms with E-state index in [1.54, 1.807) is 4.90 Å². The van der Waals surface area contributed by atoms with Gasteiger partial charge in [-0.3, -0.25) is 9.78 Å². The number of aromatic nitrogens is 3. The molecule has 1 atom stereocenters. The van der Waals surface area contributed by atoms with Gasteiger partial charge in [0, 0.05) is 38.6 Å². The van der Waals surface area contributed by atoms with E-state index >= 15 is 0 Å². The van der Waals surface area contributed by atoms with Gasteiger partial charge in [0.15, 0.2) is 5.69 Å². The molecular formula is C17H17FN6O3. The fraction of sp³-hybridized carbons (Fsp3) is 0.353. The highest BCUT2D eigenvalue weighted by Crippen LogP contribution is 2.35. The summed E-state index contributed by atoms with van der Waals surface area (Å²) < 4.78 is 18.8. The van der Waals surface area contributed by atoms with Gasteiger partial charge in [0.25, 0.3) is 5.91 Å². The smallest absolute Gasteiger partial charge is 0.412 e. The molecule has 0 N–H and O–H groups in total. The minimum Gasteiger partial charge on any atom is -0.419 e. The second-order valence-corrected chi connectivity index (χ2v) is 6.33. The van der Waals surface area contributed by atoms with Crippen LogP contribution in [0.4, 0.5) is 15.0 Å². The summed E-state index contributed by atoms with van der Waals surface area (Å²) in [5.41, 5.74) is 0.316. The highest BCUT2D eigenvalue weighted by Gasteiger charge is 2.44. The molecule has 1 saturated heterocycles. The summed E-state index contributed by atoms with van der Waals surface area (Å²) in [5, 5.41) is 0. The van der Waals surface area contributed by atoms with Crippen LogP contribution in [0.1, 0.15) is 22.4 Å². The van der Waals surface area contributed by atoms with Gasteiger partial charge in [-0.1, -0.05) is 0 Å². The third kappa shape index (κ3) is 3.19. The Morgan fingerprint density at radius 2 is 1.89 bits per heavy atom. The van der Waals surface area contributed by atoms with E-state index in [0.717, 1.165) is 24.2 Å². The van der Waals surface area contributed by atoms with Gasteiger partial charge in [0.1, 0.15) is 17.3 Å². The van der Waals surface area contributed by atoms with Crippen molar-refractivity contribution < 1.29 is 18.7 Å². The molecule has 0 bridgehead atoms. The van der Waals surface area contributed by atoms with Crippen molar-refractivity contribution in [2.24, 2.45) is 0 Å². The molecule has 0 saturated carbocycles. The maximum atomic E-state index is 13.2. The zero-order valence-electron chi connectivity index (χ0n) is 14.6. The molecule has 0 radical (unpaired) electrons. The summed E-state index contributed by atoms with van der Waals surface area (Å²) in [6.07, 6.45) is 2.14. The highest BCUT2D eigenvalue weighted by molar-refractivity contribution is 6.08. The first-order valence-electron chi connectivity index (χ1n) is 8.44. The number of hydrogen-bond acceptors (Lipinski definition) is 7. The molecule has 27 heavy (non-hydrogen) atoms. The Hall–Kier alpha value is -3.14. The SMILES string of the molecule is CN1CCN(C(=O)O[C@H]2c3nccnc3C(=O)N2c2ccc(F)cn2)CC1.